The second-order valence-electron chi connectivity index (χ2n) is 13.2. The number of piperazine rings is 1. The highest BCUT2D eigenvalue weighted by Crippen LogP contribution is 2.83. The van der Waals surface area contributed by atoms with Gasteiger partial charge in [0.2, 0.25) is 0 Å². The van der Waals surface area contributed by atoms with Crippen LogP contribution in [0.15, 0.2) is 24.4 Å². The van der Waals surface area contributed by atoms with Crippen LogP contribution in [0.4, 0.5) is 0 Å². The highest BCUT2D eigenvalue weighted by molar-refractivity contribution is 5.95. The summed E-state index contributed by atoms with van der Waals surface area (Å²) in [5, 5.41) is 13.5. The standard InChI is InChI=1S/C29H37N5O3/c35-24-5-1-3-22(24)32-7-9-33(10-8-32)27(37)21-15-34-23(4-2-6-25(34)31-21)26(36)30-17-28-12-18-11-20(18)29(16-28)14-19(29)13-28/h2,4,6,15,18-20,22,24,35H,1,3,5,7-14,16-17H2,(H,30,36)/t18?,19?,20-,22+,24+,28?,29?/m0/s1. The van der Waals surface area contributed by atoms with Gasteiger partial charge in [-0.3, -0.25) is 18.9 Å². The van der Waals surface area contributed by atoms with Crippen LogP contribution in [0, 0.1) is 28.6 Å². The van der Waals surface area contributed by atoms with Crippen LogP contribution in [-0.2, 0) is 0 Å². The molecular formula is C29H37N5O3. The van der Waals surface area contributed by atoms with Gasteiger partial charge in [-0.25, -0.2) is 4.98 Å². The molecule has 8 nitrogen and oxygen atoms in total. The molecule has 0 radical (unpaired) electrons. The molecule has 1 saturated heterocycles. The number of carbonyl (C=O) groups excluding carboxylic acids is 2. The maximum Gasteiger partial charge on any atom is 0.274 e. The number of aliphatic hydroxyl groups is 1. The molecule has 4 unspecified atom stereocenters. The lowest BCUT2D eigenvalue weighted by molar-refractivity contribution is 0.0313. The van der Waals surface area contributed by atoms with E-state index in [9.17, 15) is 14.7 Å². The molecule has 1 spiro atoms. The van der Waals surface area contributed by atoms with E-state index in [0.717, 1.165) is 56.7 Å². The van der Waals surface area contributed by atoms with Gasteiger partial charge in [-0.2, -0.15) is 0 Å². The van der Waals surface area contributed by atoms with Crippen molar-refractivity contribution >= 4 is 17.5 Å². The number of nitrogens with one attached hydrogen (secondary N) is 1. The Labute approximate surface area is 217 Å². The number of imidazole rings is 1. The molecule has 2 amide bonds. The van der Waals surface area contributed by atoms with Crippen LogP contribution in [0.1, 0.15) is 72.3 Å². The Morgan fingerprint density at radius 2 is 1.97 bits per heavy atom. The zero-order chi connectivity index (χ0) is 24.9. The predicted molar refractivity (Wildman–Crippen MR) is 137 cm³/mol. The minimum absolute atomic E-state index is 0.0762. The van der Waals surface area contributed by atoms with E-state index >= 15 is 0 Å². The number of rotatable bonds is 5. The maximum atomic E-state index is 13.3. The summed E-state index contributed by atoms with van der Waals surface area (Å²) in [4.78, 5) is 35.4. The van der Waals surface area contributed by atoms with E-state index in [0.29, 0.717) is 41.0 Å². The number of amides is 2. The number of hydrogen-bond acceptors (Lipinski definition) is 5. The molecule has 8 rings (SSSR count). The fraction of sp³-hybridized carbons (Fsp3) is 0.690. The number of aromatic nitrogens is 2. The van der Waals surface area contributed by atoms with Crippen LogP contribution in [0.5, 0.6) is 0 Å². The summed E-state index contributed by atoms with van der Waals surface area (Å²) in [6.07, 6.45) is 11.2. The number of carbonyl (C=O) groups is 2. The van der Waals surface area contributed by atoms with Gasteiger partial charge < -0.3 is 15.3 Å². The van der Waals surface area contributed by atoms with E-state index in [1.54, 1.807) is 10.6 Å². The molecule has 7 atom stereocenters. The Morgan fingerprint density at radius 3 is 2.78 bits per heavy atom. The minimum atomic E-state index is -0.242. The van der Waals surface area contributed by atoms with Crippen molar-refractivity contribution in [1.82, 2.24) is 24.5 Å². The molecule has 5 aliphatic carbocycles. The molecule has 37 heavy (non-hydrogen) atoms. The van der Waals surface area contributed by atoms with Gasteiger partial charge in [0.15, 0.2) is 0 Å². The van der Waals surface area contributed by atoms with Crippen molar-refractivity contribution < 1.29 is 14.7 Å². The summed E-state index contributed by atoms with van der Waals surface area (Å²) in [5.74, 6) is 2.66. The number of nitrogens with zero attached hydrogens (tertiary/aromatic N) is 4. The average molecular weight is 504 g/mol. The van der Waals surface area contributed by atoms with E-state index in [1.807, 2.05) is 23.1 Å². The third-order valence-corrected chi connectivity index (χ3v) is 11.1. The monoisotopic (exact) mass is 503 g/mol. The summed E-state index contributed by atoms with van der Waals surface area (Å²) in [6.45, 7) is 3.59. The van der Waals surface area contributed by atoms with E-state index < -0.39 is 0 Å². The van der Waals surface area contributed by atoms with Crippen molar-refractivity contribution in [1.29, 1.82) is 0 Å². The quantitative estimate of drug-likeness (QED) is 0.655. The molecule has 1 aliphatic heterocycles. The van der Waals surface area contributed by atoms with Crippen molar-refractivity contribution in [2.45, 2.75) is 63.5 Å². The van der Waals surface area contributed by atoms with Crippen molar-refractivity contribution in [3.8, 4) is 0 Å². The van der Waals surface area contributed by atoms with E-state index in [4.69, 9.17) is 0 Å². The molecule has 2 N–H and O–H groups in total. The molecule has 5 saturated carbocycles. The molecule has 2 aromatic heterocycles. The molecule has 6 fully saturated rings. The Bertz CT molecular complexity index is 1280. The topological polar surface area (TPSA) is 90.2 Å². The van der Waals surface area contributed by atoms with Gasteiger partial charge in [-0.1, -0.05) is 6.07 Å². The van der Waals surface area contributed by atoms with Crippen molar-refractivity contribution in [2.75, 3.05) is 32.7 Å². The third kappa shape index (κ3) is 3.44. The molecule has 2 aromatic rings. The molecule has 196 valence electrons. The Hall–Kier alpha value is -2.45. The number of aliphatic hydroxyl groups excluding tert-OH is 1. The zero-order valence-electron chi connectivity index (χ0n) is 21.4. The molecule has 8 heteroatoms. The van der Waals surface area contributed by atoms with E-state index in [1.165, 1.54) is 32.1 Å². The van der Waals surface area contributed by atoms with Gasteiger partial charge in [-0.05, 0) is 92.1 Å². The van der Waals surface area contributed by atoms with Crippen LogP contribution in [-0.4, -0.2) is 81.0 Å². The summed E-state index contributed by atoms with van der Waals surface area (Å²) in [7, 11) is 0. The second-order valence-corrected chi connectivity index (χ2v) is 13.2. The summed E-state index contributed by atoms with van der Waals surface area (Å²) >= 11 is 0. The predicted octanol–water partition coefficient (Wildman–Crippen LogP) is 2.56. The Morgan fingerprint density at radius 1 is 1.11 bits per heavy atom. The Kier molecular flexibility index (Phi) is 4.74. The first kappa shape index (κ1) is 22.5. The molecular weight excluding hydrogens is 466 g/mol. The Balaban J connectivity index is 0.949. The lowest BCUT2D eigenvalue weighted by Crippen LogP contribution is -2.53. The van der Waals surface area contributed by atoms with E-state index in [2.05, 4.69) is 15.2 Å². The molecule has 3 heterocycles. The maximum absolute atomic E-state index is 13.3. The minimum Gasteiger partial charge on any atom is -0.391 e. The first-order valence-corrected chi connectivity index (χ1v) is 14.4. The van der Waals surface area contributed by atoms with Gasteiger partial charge in [-0.15, -0.1) is 0 Å². The fourth-order valence-electron chi connectivity index (χ4n) is 9.29. The lowest BCUT2D eigenvalue weighted by atomic mass is 9.71. The van der Waals surface area contributed by atoms with Crippen LogP contribution < -0.4 is 5.32 Å². The highest BCUT2D eigenvalue weighted by atomic mass is 16.3. The second kappa shape index (κ2) is 7.79. The van der Waals surface area contributed by atoms with Crippen LogP contribution in [0.25, 0.3) is 5.65 Å². The first-order valence-electron chi connectivity index (χ1n) is 14.4. The third-order valence-electron chi connectivity index (χ3n) is 11.1. The highest BCUT2D eigenvalue weighted by Gasteiger charge is 2.76. The number of hydrogen-bond donors (Lipinski definition) is 2. The fourth-order valence-corrected chi connectivity index (χ4v) is 9.29. The number of pyridine rings is 1. The first-order chi connectivity index (χ1) is 17.9. The number of fused-ring (bicyclic) bond motifs is 3. The van der Waals surface area contributed by atoms with E-state index in [-0.39, 0.29) is 24.0 Å². The smallest absolute Gasteiger partial charge is 0.274 e. The van der Waals surface area contributed by atoms with Gasteiger partial charge in [0.05, 0.1) is 6.10 Å². The van der Waals surface area contributed by atoms with Crippen molar-refractivity contribution in [3.05, 3.63) is 35.8 Å². The summed E-state index contributed by atoms with van der Waals surface area (Å²) in [6, 6.07) is 5.76. The summed E-state index contributed by atoms with van der Waals surface area (Å²) < 4.78 is 1.77. The molecule has 6 aliphatic rings. The normalized spacial score (nSPS) is 39.9. The van der Waals surface area contributed by atoms with Gasteiger partial charge >= 0.3 is 0 Å². The van der Waals surface area contributed by atoms with Gasteiger partial charge in [0, 0.05) is 45.0 Å². The van der Waals surface area contributed by atoms with Crippen molar-refractivity contribution in [2.24, 2.45) is 28.6 Å². The van der Waals surface area contributed by atoms with Crippen LogP contribution >= 0.6 is 0 Å². The average Bonchev–Trinajstić information content (AvgIpc) is 3.64. The van der Waals surface area contributed by atoms with Crippen LogP contribution in [0.2, 0.25) is 0 Å². The van der Waals surface area contributed by atoms with Gasteiger partial charge in [0.25, 0.3) is 11.8 Å². The molecule has 0 aromatic carbocycles. The lowest BCUT2D eigenvalue weighted by Gasteiger charge is -2.38. The van der Waals surface area contributed by atoms with Crippen molar-refractivity contribution in [3.63, 3.8) is 0 Å². The summed E-state index contributed by atoms with van der Waals surface area (Å²) in [5.41, 5.74) is 2.50. The zero-order valence-corrected chi connectivity index (χ0v) is 21.4. The SMILES string of the molecule is O=C(NCC12CC3C[C@@H]3C3(CC3C1)C2)c1cccc2nc(C(=O)N3CCN([C@@H]4CCC[C@H]4O)CC3)cn12. The van der Waals surface area contributed by atoms with Crippen LogP contribution in [0.3, 0.4) is 0 Å². The molecule has 2 bridgehead atoms. The van der Waals surface area contributed by atoms with Gasteiger partial charge in [0.1, 0.15) is 17.0 Å². The largest absolute Gasteiger partial charge is 0.391 e.